The molecule has 51 heteroatoms. The molecular formula is C91H128N26O23S2. The van der Waals surface area contributed by atoms with Crippen LogP contribution in [0.5, 0.6) is 0 Å². The average molecular weight is 2020 g/mol. The number of aliphatic carboxylic acids is 2. The van der Waals surface area contributed by atoms with Crippen LogP contribution < -0.4 is 112 Å². The number of hydrogen-bond acceptors (Lipinski definition) is 25. The van der Waals surface area contributed by atoms with Gasteiger partial charge in [0.15, 0.2) is 11.9 Å². The van der Waals surface area contributed by atoms with E-state index in [-0.39, 0.29) is 96.2 Å². The maximum Gasteiger partial charge on any atom is 0.326 e. The molecule has 0 saturated carbocycles. The number of aliphatic hydroxyl groups excluding tert-OH is 1. The van der Waals surface area contributed by atoms with Crippen LogP contribution in [0, 0.1) is 28.6 Å². The fraction of sp³-hybridized carbons (Fsp3) is 0.516. The van der Waals surface area contributed by atoms with Crippen molar-refractivity contribution < 1.29 is 111 Å². The second-order valence-electron chi connectivity index (χ2n) is 35.3. The van der Waals surface area contributed by atoms with Gasteiger partial charge in [-0.15, -0.1) is 0 Å². The van der Waals surface area contributed by atoms with Gasteiger partial charge in [0, 0.05) is 79.2 Å². The number of guanidine groups is 2. The Hall–Kier alpha value is -14.7. The number of benzene rings is 3. The fourth-order valence-electron chi connectivity index (χ4n) is 15.6. The maximum absolute atomic E-state index is 15.2. The Morgan fingerprint density at radius 2 is 1.05 bits per heavy atom. The molecular weight excluding hydrogens is 1890 g/mol. The van der Waals surface area contributed by atoms with Gasteiger partial charge in [0.2, 0.25) is 106 Å². The highest BCUT2D eigenvalue weighted by Gasteiger charge is 2.43. The van der Waals surface area contributed by atoms with Crippen LogP contribution >= 0.6 is 21.6 Å². The number of nitrogens with one attached hydrogen (secondary N) is 23. The van der Waals surface area contributed by atoms with Crippen LogP contribution in [-0.4, -0.2) is 309 Å². The number of nitrogens with two attached hydrogens (primary N) is 2. The lowest BCUT2D eigenvalue weighted by molar-refractivity contribution is -0.147. The highest BCUT2D eigenvalue weighted by Crippen LogP contribution is 2.27. The van der Waals surface area contributed by atoms with Crippen LogP contribution in [-0.2, 0) is 115 Å². The molecule has 3 aliphatic heterocycles. The molecule has 5 heterocycles. The third kappa shape index (κ3) is 36.2. The summed E-state index contributed by atoms with van der Waals surface area (Å²) in [6.45, 7) is 5.40. The molecule has 0 aliphatic carbocycles. The van der Waals surface area contributed by atoms with Gasteiger partial charge < -0.3 is 143 Å². The molecule has 142 heavy (non-hydrogen) atoms. The Morgan fingerprint density at radius 1 is 0.521 bits per heavy atom. The Kier molecular flexibility index (Phi) is 44.4. The minimum Gasteiger partial charge on any atom is -0.481 e. The summed E-state index contributed by atoms with van der Waals surface area (Å²) in [5.41, 5.74) is 13.8. The first-order chi connectivity index (χ1) is 67.6. The minimum absolute atomic E-state index is 0.00854. The second kappa shape index (κ2) is 56.0. The summed E-state index contributed by atoms with van der Waals surface area (Å²) in [6, 6.07) is 3.67. The standard InChI is InChI=1S/C91H128N26O23S2/c1-7-48(6)75-87(137)111-62(37-53-35-51-21-12-14-23-55(51)103-53)80(130)114-66(84(134)112-63(89(139)140)38-73(124)125)45-142-141-44-65(83(133)110-59(32-46(2)3)81(131)116-75)113-78(128)57(25-16-30-97-91(94)95)108-86(136)74(47(4)5)115-72(123)42-101-85(135)67-26-17-31-117(67)88(138)58-27-28-68(119)98-39-69(120)106-64(43-118)82(132)107-56(24-15-29-96-90(92)93)76(126)99-40-71(122)105-61(36-52-34-50-20-11-13-22-54(50)102-52)77(127)100-41-70(121)104-60(79(129)109-58)33-49-18-9-8-10-19-49/h8-14,18-23,34-35,46-48,56-67,74-75,102-103,118H,7,15-17,24-33,36-45H2,1-6H3,(H,98,119)(H,99,126)(H,100,127)(H,101,135)(H,104,121)(H,105,122)(H,106,120)(H,107,132)(H,108,136)(H,109,129)(H,110,133)(H,111,137)(H,112,134)(H,113,128)(H,114,130)(H,115,123)(H,116,131)(H,124,125)(H,139,140)(H4,92,93,96)(H4,94,95,97)/t48-,56?,57-,58-,59-,60-,61-,62-,63-,64?,65-,66-,67-,74-,75-/m0/s1. The molecule has 3 aromatic carbocycles. The molecule has 2 aromatic heterocycles. The smallest absolute Gasteiger partial charge is 0.326 e. The van der Waals surface area contributed by atoms with E-state index in [1.54, 1.807) is 119 Å². The van der Waals surface area contributed by atoms with Crippen molar-refractivity contribution in [1.82, 2.24) is 116 Å². The van der Waals surface area contributed by atoms with Crippen molar-refractivity contribution in [3.05, 3.63) is 108 Å². The number of carboxylic acids is 2. The highest BCUT2D eigenvalue weighted by molar-refractivity contribution is 8.76. The zero-order valence-electron chi connectivity index (χ0n) is 79.4. The third-order valence-corrected chi connectivity index (χ3v) is 25.8. The monoisotopic (exact) mass is 2020 g/mol. The fourth-order valence-corrected chi connectivity index (χ4v) is 18.0. The zero-order chi connectivity index (χ0) is 104. The van der Waals surface area contributed by atoms with E-state index in [9.17, 15) is 102 Å². The molecule has 8 rings (SSSR count). The number of likely N-dealkylation sites (tertiary alicyclic amines) is 1. The number of carbonyl (C=O) groups is 20. The van der Waals surface area contributed by atoms with Gasteiger partial charge in [0.25, 0.3) is 0 Å². The van der Waals surface area contributed by atoms with Crippen molar-refractivity contribution in [1.29, 1.82) is 10.8 Å². The summed E-state index contributed by atoms with van der Waals surface area (Å²) in [7, 11) is 1.66. The Labute approximate surface area is 824 Å². The summed E-state index contributed by atoms with van der Waals surface area (Å²) >= 11 is 0. The molecule has 3 saturated heterocycles. The first-order valence-electron chi connectivity index (χ1n) is 46.5. The quantitative estimate of drug-likeness (QED) is 0.00790. The van der Waals surface area contributed by atoms with E-state index in [1.807, 2.05) is 0 Å². The molecule has 0 bridgehead atoms. The van der Waals surface area contributed by atoms with Gasteiger partial charge in [0.1, 0.15) is 84.6 Å². The number of amides is 18. The van der Waals surface area contributed by atoms with Crippen LogP contribution in [0.15, 0.2) is 91.0 Å². The van der Waals surface area contributed by atoms with Crippen molar-refractivity contribution in [2.45, 2.75) is 216 Å². The number of rotatable bonds is 34. The van der Waals surface area contributed by atoms with Gasteiger partial charge in [0.05, 0.1) is 39.2 Å². The van der Waals surface area contributed by atoms with E-state index in [2.05, 4.69) is 111 Å². The number of carboxylic acid groups (broad SMARTS) is 2. The molecule has 3 fully saturated rings. The molecule has 18 amide bonds. The maximum atomic E-state index is 15.2. The molecule has 2 unspecified atom stereocenters. The molecule has 0 spiro atoms. The van der Waals surface area contributed by atoms with Crippen LogP contribution in [0.1, 0.15) is 129 Å². The number of aliphatic hydroxyl groups is 1. The van der Waals surface area contributed by atoms with Crippen molar-refractivity contribution in [3.63, 3.8) is 0 Å². The Balaban J connectivity index is 1.02. The van der Waals surface area contributed by atoms with Crippen molar-refractivity contribution in [3.8, 4) is 0 Å². The lowest BCUT2D eigenvalue weighted by atomic mass is 9.96. The summed E-state index contributed by atoms with van der Waals surface area (Å²) < 4.78 is 0. The van der Waals surface area contributed by atoms with Gasteiger partial charge in [-0.2, -0.15) is 0 Å². The molecule has 15 atom stereocenters. The zero-order valence-corrected chi connectivity index (χ0v) is 81.0. The summed E-state index contributed by atoms with van der Waals surface area (Å²) in [6.07, 6.45) is -3.02. The summed E-state index contributed by atoms with van der Waals surface area (Å²) in [5, 5.41) is 94.9. The number of fused-ring (bicyclic) bond motifs is 2. The summed E-state index contributed by atoms with van der Waals surface area (Å²) in [4.78, 5) is 291. The second-order valence-corrected chi connectivity index (χ2v) is 37.9. The highest BCUT2D eigenvalue weighted by atomic mass is 33.1. The van der Waals surface area contributed by atoms with Crippen LogP contribution in [0.3, 0.4) is 0 Å². The first-order valence-corrected chi connectivity index (χ1v) is 49.0. The Morgan fingerprint density at radius 3 is 1.62 bits per heavy atom. The van der Waals surface area contributed by atoms with E-state index in [0.717, 1.165) is 37.3 Å². The number of H-pyrrole nitrogens is 2. The topological polar surface area (TPSA) is 765 Å². The summed E-state index contributed by atoms with van der Waals surface area (Å²) in [5.74, 6) is -24.4. The molecule has 5 aromatic rings. The molecule has 772 valence electrons. The first kappa shape index (κ1) is 113. The molecule has 49 nitrogen and oxygen atoms in total. The van der Waals surface area contributed by atoms with Crippen LogP contribution in [0.4, 0.5) is 0 Å². The predicted octanol–water partition coefficient (Wildman–Crippen LogP) is -5.55. The lowest BCUT2D eigenvalue weighted by Crippen LogP contribution is -2.62. The number of para-hydroxylation sites is 2. The lowest BCUT2D eigenvalue weighted by Gasteiger charge is -2.30. The number of nitrogens with zero attached hydrogens (tertiary/aromatic N) is 1. The van der Waals surface area contributed by atoms with Crippen LogP contribution in [0.25, 0.3) is 21.8 Å². The van der Waals surface area contributed by atoms with Crippen molar-refractivity contribution in [2.24, 2.45) is 29.2 Å². The van der Waals surface area contributed by atoms with Gasteiger partial charge in [-0.1, -0.05) is 136 Å². The van der Waals surface area contributed by atoms with E-state index < -0.39 is 290 Å². The van der Waals surface area contributed by atoms with Crippen molar-refractivity contribution >= 4 is 174 Å². The van der Waals surface area contributed by atoms with Crippen LogP contribution in [0.2, 0.25) is 0 Å². The van der Waals surface area contributed by atoms with Crippen molar-refractivity contribution in [2.75, 3.05) is 63.9 Å². The van der Waals surface area contributed by atoms with Gasteiger partial charge >= 0.3 is 11.9 Å². The van der Waals surface area contributed by atoms with E-state index >= 15 is 9.59 Å². The Bertz CT molecular complexity index is 5310. The SMILES string of the molecule is CC[C@H](C)[C@@H]1NC(=O)[C@H](CC(C)C)NC(=O)[C@@H](NC(=O)[C@H](CCCNC(=N)N)NC(=O)[C@@H](NC(=O)CNC(=O)[C@@H]2CCCN2C(=O)[C@@H]2CCC(=O)NCC(=O)NC(CO)C(=O)NC(CCCNC(=N)N)C(=O)NCC(=O)N[C@@H](Cc3cc4ccccc4[nH]3)C(=O)NCC(=O)N[C@@H](Cc3ccccc3)C(=O)N2)C(C)C)CSSC[C@@H](C(=O)N[C@@H](CC(=O)O)C(=O)O)NC(=O)[C@H](Cc2cc3ccccc3[nH]2)NC1=O. The normalized spacial score (nSPS) is 22.1. The predicted molar refractivity (Wildman–Crippen MR) is 519 cm³/mol. The van der Waals surface area contributed by atoms with E-state index in [4.69, 9.17) is 22.3 Å². The number of hydrogen-bond donors (Lipinski definition) is 28. The van der Waals surface area contributed by atoms with E-state index in [0.29, 0.717) is 28.0 Å². The molecule has 30 N–H and O–H groups in total. The average Bonchev–Trinajstić information content (AvgIpc) is 1.62. The largest absolute Gasteiger partial charge is 0.481 e. The van der Waals surface area contributed by atoms with E-state index in [1.165, 1.54) is 13.8 Å². The number of carbonyl (C=O) groups excluding carboxylic acids is 18. The van der Waals surface area contributed by atoms with Gasteiger partial charge in [-0.25, -0.2) is 4.79 Å². The third-order valence-electron chi connectivity index (χ3n) is 23.3. The van der Waals surface area contributed by atoms with Gasteiger partial charge in [-0.05, 0) is 110 Å². The molecule has 0 radical (unpaired) electrons. The number of aromatic amines is 2. The van der Waals surface area contributed by atoms with Gasteiger partial charge in [-0.3, -0.25) is 102 Å². The molecule has 3 aliphatic rings. The minimum atomic E-state index is -2.01. The number of aromatic nitrogens is 2.